The molecule has 1 aromatic carbocycles. The van der Waals surface area contributed by atoms with E-state index in [1.165, 1.54) is 11.1 Å². The van der Waals surface area contributed by atoms with Gasteiger partial charge in [0.05, 0.1) is 13.2 Å². The van der Waals surface area contributed by atoms with Crippen LogP contribution >= 0.6 is 0 Å². The average Bonchev–Trinajstić information content (AvgIpc) is 2.55. The van der Waals surface area contributed by atoms with Gasteiger partial charge in [0.15, 0.2) is 0 Å². The van der Waals surface area contributed by atoms with Crippen molar-refractivity contribution in [1.82, 2.24) is 10.2 Å². The molecule has 1 unspecified atom stereocenters. The zero-order valence-corrected chi connectivity index (χ0v) is 13.3. The number of carbonyl (C=O) groups is 1. The van der Waals surface area contributed by atoms with E-state index in [4.69, 9.17) is 9.47 Å². The molecule has 0 bridgehead atoms. The fraction of sp³-hybridized carbons (Fsp3) is 0.588. The van der Waals surface area contributed by atoms with Crippen LogP contribution in [0.25, 0.3) is 0 Å². The number of urea groups is 1. The van der Waals surface area contributed by atoms with E-state index in [0.29, 0.717) is 0 Å². The van der Waals surface area contributed by atoms with Crippen molar-refractivity contribution in [1.29, 1.82) is 0 Å². The summed E-state index contributed by atoms with van der Waals surface area (Å²) < 4.78 is 10.6. The molecule has 22 heavy (non-hydrogen) atoms. The first kappa shape index (κ1) is 15.2. The molecule has 2 aliphatic heterocycles. The van der Waals surface area contributed by atoms with E-state index >= 15 is 0 Å². The molecule has 2 heterocycles. The van der Waals surface area contributed by atoms with Crippen LogP contribution in [-0.2, 0) is 11.2 Å². The van der Waals surface area contributed by atoms with Crippen molar-refractivity contribution in [2.75, 3.05) is 26.9 Å². The Morgan fingerprint density at radius 2 is 2.14 bits per heavy atom. The fourth-order valence-corrected chi connectivity index (χ4v) is 3.31. The molecule has 0 aliphatic carbocycles. The Hall–Kier alpha value is -1.75. The second-order valence-corrected chi connectivity index (χ2v) is 6.02. The van der Waals surface area contributed by atoms with Gasteiger partial charge in [-0.05, 0) is 49.4 Å². The van der Waals surface area contributed by atoms with Crippen molar-refractivity contribution in [2.24, 2.45) is 0 Å². The second-order valence-electron chi connectivity index (χ2n) is 6.02. The lowest BCUT2D eigenvalue weighted by Crippen LogP contribution is -2.49. The van der Waals surface area contributed by atoms with E-state index in [0.717, 1.165) is 44.8 Å². The second kappa shape index (κ2) is 6.57. The van der Waals surface area contributed by atoms with Gasteiger partial charge in [-0.25, -0.2) is 4.79 Å². The first-order chi connectivity index (χ1) is 10.7. The summed E-state index contributed by atoms with van der Waals surface area (Å²) in [6.07, 6.45) is 2.68. The molecule has 5 heteroatoms. The lowest BCUT2D eigenvalue weighted by Gasteiger charge is -2.37. The van der Waals surface area contributed by atoms with E-state index in [-0.39, 0.29) is 18.1 Å². The number of hydrogen-bond acceptors (Lipinski definition) is 3. The molecule has 0 radical (unpaired) electrons. The summed E-state index contributed by atoms with van der Waals surface area (Å²) in [5.74, 6) is 0.881. The van der Waals surface area contributed by atoms with Crippen molar-refractivity contribution in [2.45, 2.75) is 38.3 Å². The van der Waals surface area contributed by atoms with Crippen LogP contribution in [0.3, 0.4) is 0 Å². The van der Waals surface area contributed by atoms with Gasteiger partial charge in [-0.15, -0.1) is 0 Å². The van der Waals surface area contributed by atoms with Crippen LogP contribution < -0.4 is 10.1 Å². The molecule has 1 atom stereocenters. The van der Waals surface area contributed by atoms with Crippen LogP contribution in [0, 0.1) is 0 Å². The molecule has 1 N–H and O–H groups in total. The van der Waals surface area contributed by atoms with Gasteiger partial charge in [0.2, 0.25) is 0 Å². The Kier molecular flexibility index (Phi) is 4.52. The predicted molar refractivity (Wildman–Crippen MR) is 84.2 cm³/mol. The van der Waals surface area contributed by atoms with Gasteiger partial charge in [0, 0.05) is 25.8 Å². The molecule has 0 saturated carbocycles. The van der Waals surface area contributed by atoms with Crippen molar-refractivity contribution in [3.63, 3.8) is 0 Å². The van der Waals surface area contributed by atoms with Crippen molar-refractivity contribution >= 4 is 6.03 Å². The first-order valence-corrected chi connectivity index (χ1v) is 8.00. The lowest BCUT2D eigenvalue weighted by molar-refractivity contribution is 0.0769. The van der Waals surface area contributed by atoms with Gasteiger partial charge in [0.25, 0.3) is 0 Å². The van der Waals surface area contributed by atoms with Crippen LogP contribution in [0.15, 0.2) is 18.2 Å². The minimum Gasteiger partial charge on any atom is -0.497 e. The number of nitrogens with zero attached hydrogens (tertiary/aromatic N) is 1. The van der Waals surface area contributed by atoms with Crippen LogP contribution in [0.4, 0.5) is 4.79 Å². The topological polar surface area (TPSA) is 50.8 Å². The van der Waals surface area contributed by atoms with Crippen molar-refractivity contribution < 1.29 is 14.3 Å². The van der Waals surface area contributed by atoms with E-state index < -0.39 is 0 Å². The van der Waals surface area contributed by atoms with Gasteiger partial charge in [-0.2, -0.15) is 0 Å². The highest BCUT2D eigenvalue weighted by molar-refractivity contribution is 5.75. The summed E-state index contributed by atoms with van der Waals surface area (Å²) in [5.41, 5.74) is 2.50. The quantitative estimate of drug-likeness (QED) is 0.913. The molecule has 3 rings (SSSR count). The standard InChI is InChI=1S/C17H24N2O3/c1-12-16-4-3-15(21-2)11-13(16)5-8-19(12)17(20)18-14-6-9-22-10-7-14/h3-4,11-12,14H,5-10H2,1-2H3,(H,18,20). The number of fused-ring (bicyclic) bond motifs is 1. The van der Waals surface area contributed by atoms with Crippen molar-refractivity contribution in [3.8, 4) is 5.75 Å². The van der Waals surface area contributed by atoms with E-state index in [9.17, 15) is 4.79 Å². The third kappa shape index (κ3) is 3.04. The normalized spacial score (nSPS) is 22.1. The van der Waals surface area contributed by atoms with Crippen LogP contribution in [0.2, 0.25) is 0 Å². The molecule has 2 amide bonds. The summed E-state index contributed by atoms with van der Waals surface area (Å²) in [4.78, 5) is 14.5. The number of amides is 2. The fourth-order valence-electron chi connectivity index (χ4n) is 3.31. The Labute approximate surface area is 131 Å². The molecule has 0 spiro atoms. The zero-order valence-electron chi connectivity index (χ0n) is 13.3. The van der Waals surface area contributed by atoms with Crippen LogP contribution in [-0.4, -0.2) is 43.8 Å². The number of methoxy groups -OCH3 is 1. The number of hydrogen-bond donors (Lipinski definition) is 1. The number of nitrogens with one attached hydrogen (secondary N) is 1. The summed E-state index contributed by atoms with van der Waals surface area (Å²) >= 11 is 0. The maximum absolute atomic E-state index is 12.6. The number of benzene rings is 1. The van der Waals surface area contributed by atoms with Gasteiger partial charge in [-0.1, -0.05) is 6.07 Å². The zero-order chi connectivity index (χ0) is 15.5. The number of carbonyl (C=O) groups excluding carboxylic acids is 1. The number of ether oxygens (including phenoxy) is 2. The summed E-state index contributed by atoms with van der Waals surface area (Å²) in [6.45, 7) is 4.32. The van der Waals surface area contributed by atoms with Gasteiger partial charge in [-0.3, -0.25) is 0 Å². The Balaban J connectivity index is 1.69. The van der Waals surface area contributed by atoms with Gasteiger partial charge in [0.1, 0.15) is 5.75 Å². The molecule has 120 valence electrons. The minimum atomic E-state index is 0.0425. The maximum atomic E-state index is 12.6. The predicted octanol–water partition coefficient (Wildman–Crippen LogP) is 2.50. The van der Waals surface area contributed by atoms with Gasteiger partial charge >= 0.3 is 6.03 Å². The van der Waals surface area contributed by atoms with Crippen LogP contribution in [0.1, 0.15) is 36.9 Å². The summed E-state index contributed by atoms with van der Waals surface area (Å²) in [5, 5.41) is 3.15. The molecule has 5 nitrogen and oxygen atoms in total. The average molecular weight is 304 g/mol. The van der Waals surface area contributed by atoms with E-state index in [2.05, 4.69) is 24.4 Å². The lowest BCUT2D eigenvalue weighted by atomic mass is 9.93. The number of rotatable bonds is 2. The molecule has 0 aromatic heterocycles. The van der Waals surface area contributed by atoms with Crippen molar-refractivity contribution in [3.05, 3.63) is 29.3 Å². The highest BCUT2D eigenvalue weighted by Gasteiger charge is 2.29. The maximum Gasteiger partial charge on any atom is 0.318 e. The molecule has 1 fully saturated rings. The Morgan fingerprint density at radius 3 is 2.86 bits per heavy atom. The minimum absolute atomic E-state index is 0.0425. The molecular formula is C17H24N2O3. The molecular weight excluding hydrogens is 280 g/mol. The summed E-state index contributed by atoms with van der Waals surface area (Å²) in [6, 6.07) is 6.50. The highest BCUT2D eigenvalue weighted by atomic mass is 16.5. The first-order valence-electron chi connectivity index (χ1n) is 8.00. The largest absolute Gasteiger partial charge is 0.497 e. The van der Waals surface area contributed by atoms with Gasteiger partial charge < -0.3 is 19.7 Å². The molecule has 1 saturated heterocycles. The smallest absolute Gasteiger partial charge is 0.318 e. The Bertz CT molecular complexity index is 541. The Morgan fingerprint density at radius 1 is 1.36 bits per heavy atom. The van der Waals surface area contributed by atoms with E-state index in [1.54, 1.807) is 7.11 Å². The molecule has 1 aromatic rings. The monoisotopic (exact) mass is 304 g/mol. The third-order valence-corrected chi connectivity index (χ3v) is 4.70. The van der Waals surface area contributed by atoms with E-state index in [1.807, 2.05) is 11.0 Å². The third-order valence-electron chi connectivity index (χ3n) is 4.70. The SMILES string of the molecule is COc1ccc2c(c1)CCN(C(=O)NC1CCOCC1)C2C. The van der Waals surface area contributed by atoms with Crippen LogP contribution in [0.5, 0.6) is 5.75 Å². The molecule has 2 aliphatic rings. The summed E-state index contributed by atoms with van der Waals surface area (Å²) in [7, 11) is 1.68. The highest BCUT2D eigenvalue weighted by Crippen LogP contribution is 2.31.